The molecule has 1 aliphatic heterocycles. The van der Waals surface area contributed by atoms with Crippen LogP contribution in [0.1, 0.15) is 24.3 Å². The van der Waals surface area contributed by atoms with E-state index in [1.165, 1.54) is 23.0 Å². The highest BCUT2D eigenvalue weighted by Gasteiger charge is 2.47. The van der Waals surface area contributed by atoms with Crippen LogP contribution in [-0.4, -0.2) is 65.0 Å². The summed E-state index contributed by atoms with van der Waals surface area (Å²) in [6.07, 6.45) is -0.577. The molecule has 0 radical (unpaired) electrons. The van der Waals surface area contributed by atoms with Gasteiger partial charge in [-0.3, -0.25) is 4.57 Å². The Hall–Kier alpha value is -3.32. The summed E-state index contributed by atoms with van der Waals surface area (Å²) in [5.41, 5.74) is -0.345. The van der Waals surface area contributed by atoms with E-state index in [1.54, 1.807) is 6.07 Å². The number of fused-ring (bicyclic) bond motifs is 3. The van der Waals surface area contributed by atoms with E-state index in [4.69, 9.17) is 4.74 Å². The van der Waals surface area contributed by atoms with Crippen molar-refractivity contribution in [3.8, 4) is 11.2 Å². The Morgan fingerprint density at radius 3 is 2.69 bits per heavy atom. The molecule has 4 heterocycles. The van der Waals surface area contributed by atoms with Crippen LogP contribution in [0, 0.1) is 11.3 Å². The Balaban J connectivity index is 1.59. The molecule has 0 unspecified atom stereocenters. The number of nitrogens with one attached hydrogen (secondary N) is 1. The number of ether oxygens (including phenoxy) is 1. The molecule has 1 aromatic carbocycles. The Morgan fingerprint density at radius 1 is 1.31 bits per heavy atom. The third-order valence-corrected chi connectivity index (χ3v) is 8.86. The number of nitriles is 1. The van der Waals surface area contributed by atoms with Gasteiger partial charge >= 0.3 is 0 Å². The van der Waals surface area contributed by atoms with Crippen molar-refractivity contribution in [2.75, 3.05) is 25.2 Å². The van der Waals surface area contributed by atoms with Gasteiger partial charge in [0.15, 0.2) is 10.7 Å². The van der Waals surface area contributed by atoms with E-state index in [0.29, 0.717) is 65.1 Å². The average Bonchev–Trinajstić information content (AvgIpc) is 3.26. The van der Waals surface area contributed by atoms with Crippen molar-refractivity contribution in [3.05, 3.63) is 29.5 Å². The van der Waals surface area contributed by atoms with Gasteiger partial charge < -0.3 is 9.64 Å². The smallest absolute Gasteiger partial charge is 0.291 e. The molecular weight excluding hydrogens is 514 g/mol. The van der Waals surface area contributed by atoms with Gasteiger partial charge in [-0.2, -0.15) is 9.98 Å². The lowest BCUT2D eigenvalue weighted by Crippen LogP contribution is -2.47. The van der Waals surface area contributed by atoms with Gasteiger partial charge in [0.1, 0.15) is 17.7 Å². The molecule has 2 aliphatic rings. The van der Waals surface area contributed by atoms with Crippen LogP contribution in [0.2, 0.25) is 0 Å². The number of benzene rings is 1. The molecule has 1 N–H and O–H groups in total. The van der Waals surface area contributed by atoms with Crippen molar-refractivity contribution >= 4 is 49.1 Å². The molecule has 1 saturated heterocycles. The minimum atomic E-state index is -4.04. The third kappa shape index (κ3) is 3.60. The number of likely N-dealkylation sites (N-methyl/N-ethyl adjacent to an activating group) is 1. The second-order valence-electron chi connectivity index (χ2n) is 8.74. The first-order valence-corrected chi connectivity index (χ1v) is 13.2. The number of hydrogen-bond donors (Lipinski definition) is 1. The molecule has 36 heavy (non-hydrogen) atoms. The third-order valence-electron chi connectivity index (χ3n) is 6.41. The van der Waals surface area contributed by atoms with E-state index >= 15 is 0 Å². The van der Waals surface area contributed by atoms with E-state index in [9.17, 15) is 22.5 Å². The van der Waals surface area contributed by atoms with Crippen LogP contribution in [0.25, 0.3) is 27.1 Å². The Kier molecular flexibility index (Phi) is 5.20. The molecule has 0 amide bonds. The van der Waals surface area contributed by atoms with Gasteiger partial charge in [-0.1, -0.05) is 17.4 Å². The summed E-state index contributed by atoms with van der Waals surface area (Å²) in [7, 11) is -2.17. The highest BCUT2D eigenvalue weighted by atomic mass is 32.2. The zero-order chi connectivity index (χ0) is 25.2. The zero-order valence-electron chi connectivity index (χ0n) is 18.7. The van der Waals surface area contributed by atoms with Crippen molar-refractivity contribution in [3.63, 3.8) is 0 Å². The summed E-state index contributed by atoms with van der Waals surface area (Å²) >= 11 is 0.690. The van der Waals surface area contributed by atoms with Crippen LogP contribution < -0.4 is 9.62 Å². The number of anilines is 1. The Labute approximate surface area is 207 Å². The summed E-state index contributed by atoms with van der Waals surface area (Å²) in [6.45, 7) is 1.06. The normalized spacial score (nSPS) is 17.4. The van der Waals surface area contributed by atoms with Crippen molar-refractivity contribution in [2.45, 2.75) is 35.7 Å². The summed E-state index contributed by atoms with van der Waals surface area (Å²) in [4.78, 5) is 10.8. The van der Waals surface area contributed by atoms with Crippen LogP contribution >= 0.6 is 11.3 Å². The van der Waals surface area contributed by atoms with E-state index in [-0.39, 0.29) is 16.1 Å². The van der Waals surface area contributed by atoms with Gasteiger partial charge in [0.2, 0.25) is 15.2 Å². The van der Waals surface area contributed by atoms with Gasteiger partial charge in [0, 0.05) is 12.4 Å². The number of rotatable bonds is 7. The molecule has 3 aromatic heterocycles. The Morgan fingerprint density at radius 2 is 2.08 bits per heavy atom. The molecule has 11 nitrogen and oxygen atoms in total. The average molecular weight is 533 g/mol. The van der Waals surface area contributed by atoms with E-state index in [1.807, 2.05) is 18.0 Å². The molecule has 1 saturated carbocycles. The largest absolute Gasteiger partial charge is 0.377 e. The minimum Gasteiger partial charge on any atom is -0.377 e. The molecule has 1 aliphatic carbocycles. The van der Waals surface area contributed by atoms with Gasteiger partial charge in [-0.05, 0) is 25.0 Å². The molecule has 0 bridgehead atoms. The number of halogens is 2. The second kappa shape index (κ2) is 8.10. The maximum absolute atomic E-state index is 13.3. The first-order chi connectivity index (χ1) is 17.2. The van der Waals surface area contributed by atoms with Crippen molar-refractivity contribution in [1.29, 1.82) is 5.26 Å². The maximum atomic E-state index is 13.3. The lowest BCUT2D eigenvalue weighted by molar-refractivity contribution is 0.00998. The predicted molar refractivity (Wildman–Crippen MR) is 126 cm³/mol. The Bertz CT molecular complexity index is 1650. The van der Waals surface area contributed by atoms with Crippen LogP contribution in [0.15, 0.2) is 29.4 Å². The molecular formula is C21H18F2N8O3S2. The van der Waals surface area contributed by atoms with Crippen molar-refractivity contribution in [2.24, 2.45) is 0 Å². The van der Waals surface area contributed by atoms with Gasteiger partial charge in [-0.15, -0.1) is 10.2 Å². The number of sulfonamides is 1. The van der Waals surface area contributed by atoms with Crippen molar-refractivity contribution < 1.29 is 21.9 Å². The summed E-state index contributed by atoms with van der Waals surface area (Å²) < 4.78 is 62.1. The predicted octanol–water partition coefficient (Wildman–Crippen LogP) is 2.53. The van der Waals surface area contributed by atoms with E-state index in [0.717, 1.165) is 0 Å². The lowest BCUT2D eigenvalue weighted by Gasteiger charge is -2.35. The highest BCUT2D eigenvalue weighted by Crippen LogP contribution is 2.40. The van der Waals surface area contributed by atoms with E-state index < -0.39 is 27.0 Å². The lowest BCUT2D eigenvalue weighted by atomic mass is 10.1. The SMILES string of the molecule is CN(c1ncnc2c1c1ccc(S(=O)(=O)NC3(C#N)CC3)cc1n2-c1nnc(C(F)F)s1)C1COC1. The first kappa shape index (κ1) is 23.1. The maximum Gasteiger partial charge on any atom is 0.291 e. The summed E-state index contributed by atoms with van der Waals surface area (Å²) in [5, 5.41) is 17.8. The number of hydrogen-bond acceptors (Lipinski definition) is 10. The fourth-order valence-electron chi connectivity index (χ4n) is 4.13. The standard InChI is InChI=1S/C21H18F2N8O3S2/c1-30(11-7-34-8-11)17-15-13-3-2-12(36(32,33)29-21(9-24)4-5-21)6-14(13)31(18(15)26-10-25-17)20-28-27-19(35-20)16(22)23/h2-3,6,10-11,16,29H,4-5,7-8H2,1H3. The number of alkyl halides is 2. The van der Waals surface area contributed by atoms with Crippen LogP contribution in [0.5, 0.6) is 0 Å². The van der Waals surface area contributed by atoms with E-state index in [2.05, 4.69) is 24.9 Å². The first-order valence-electron chi connectivity index (χ1n) is 10.9. The molecule has 186 valence electrons. The number of aromatic nitrogens is 5. The highest BCUT2D eigenvalue weighted by molar-refractivity contribution is 7.89. The molecule has 6 rings (SSSR count). The second-order valence-corrected chi connectivity index (χ2v) is 11.4. The number of nitrogens with zero attached hydrogens (tertiary/aromatic N) is 7. The molecule has 0 atom stereocenters. The van der Waals surface area contributed by atoms with Crippen LogP contribution in [0.4, 0.5) is 14.6 Å². The quantitative estimate of drug-likeness (QED) is 0.380. The van der Waals surface area contributed by atoms with Crippen molar-refractivity contribution in [1.82, 2.24) is 29.5 Å². The minimum absolute atomic E-state index is 0.0746. The summed E-state index contributed by atoms with van der Waals surface area (Å²) in [6, 6.07) is 6.60. The zero-order valence-corrected chi connectivity index (χ0v) is 20.4. The summed E-state index contributed by atoms with van der Waals surface area (Å²) in [5.74, 6) is 0.589. The molecule has 2 fully saturated rings. The molecule has 0 spiro atoms. The molecule has 15 heteroatoms. The van der Waals surface area contributed by atoms with Gasteiger partial charge in [0.25, 0.3) is 6.43 Å². The topological polar surface area (TPSA) is 139 Å². The monoisotopic (exact) mass is 532 g/mol. The van der Waals surface area contributed by atoms with Crippen LogP contribution in [0.3, 0.4) is 0 Å². The van der Waals surface area contributed by atoms with Gasteiger partial charge in [0.05, 0.1) is 41.1 Å². The fraction of sp³-hybridized carbons (Fsp3) is 0.381. The van der Waals surface area contributed by atoms with Gasteiger partial charge in [-0.25, -0.2) is 27.2 Å². The van der Waals surface area contributed by atoms with Crippen LogP contribution in [-0.2, 0) is 14.8 Å². The molecule has 4 aromatic rings. The fourth-order valence-corrected chi connectivity index (χ4v) is 6.24.